The van der Waals surface area contributed by atoms with Gasteiger partial charge in [0.15, 0.2) is 5.11 Å². The summed E-state index contributed by atoms with van der Waals surface area (Å²) in [5, 5.41) is 7.22. The van der Waals surface area contributed by atoms with Gasteiger partial charge in [0.1, 0.15) is 0 Å². The molecule has 0 saturated carbocycles. The van der Waals surface area contributed by atoms with E-state index < -0.39 is 0 Å². The average molecular weight is 538 g/mol. The summed E-state index contributed by atoms with van der Waals surface area (Å²) in [4.78, 5) is 18.9. The van der Waals surface area contributed by atoms with Gasteiger partial charge in [0.25, 0.3) is 0 Å². The summed E-state index contributed by atoms with van der Waals surface area (Å²) in [6.45, 7) is 12.5. The zero-order valence-electron chi connectivity index (χ0n) is 23.4. The normalized spacial score (nSPS) is 16.9. The first-order chi connectivity index (χ1) is 18.7. The smallest absolute Gasteiger partial charge is 0.224 e. The van der Waals surface area contributed by atoms with Crippen molar-refractivity contribution >= 4 is 34.6 Å². The van der Waals surface area contributed by atoms with Crippen LogP contribution in [0, 0.1) is 34.6 Å². The van der Waals surface area contributed by atoms with Crippen molar-refractivity contribution in [1.82, 2.24) is 14.9 Å². The SMILES string of the molecule is CCC(=O)Nc1ccc(N2C(=S)N[C@H](c3ccccn3)[C@@H]2c2cc(C)n(-c3cccc(C)c3C)c2C)cc1C. The van der Waals surface area contributed by atoms with Crippen molar-refractivity contribution in [3.63, 3.8) is 0 Å². The highest BCUT2D eigenvalue weighted by molar-refractivity contribution is 7.80. The number of amides is 1. The maximum absolute atomic E-state index is 12.0. The third-order valence-corrected chi connectivity index (χ3v) is 8.10. The zero-order valence-corrected chi connectivity index (χ0v) is 24.2. The largest absolute Gasteiger partial charge is 0.351 e. The van der Waals surface area contributed by atoms with Gasteiger partial charge in [0, 0.05) is 41.1 Å². The van der Waals surface area contributed by atoms with Crippen LogP contribution < -0.4 is 15.5 Å². The number of rotatable bonds is 6. The number of benzene rings is 2. The van der Waals surface area contributed by atoms with Crippen LogP contribution in [0.2, 0.25) is 0 Å². The predicted molar refractivity (Wildman–Crippen MR) is 163 cm³/mol. The summed E-state index contributed by atoms with van der Waals surface area (Å²) in [6.07, 6.45) is 2.26. The van der Waals surface area contributed by atoms with Crippen LogP contribution in [-0.4, -0.2) is 20.6 Å². The van der Waals surface area contributed by atoms with Crippen LogP contribution in [0.4, 0.5) is 11.4 Å². The van der Waals surface area contributed by atoms with Gasteiger partial charge in [-0.25, -0.2) is 0 Å². The molecule has 4 aromatic rings. The number of aromatic nitrogens is 2. The van der Waals surface area contributed by atoms with Crippen molar-refractivity contribution in [1.29, 1.82) is 0 Å². The Bertz CT molecular complexity index is 1560. The van der Waals surface area contributed by atoms with E-state index >= 15 is 0 Å². The number of pyridine rings is 1. The second-order valence-corrected chi connectivity index (χ2v) is 10.7. The van der Waals surface area contributed by atoms with Crippen LogP contribution in [0.25, 0.3) is 5.69 Å². The van der Waals surface area contributed by atoms with E-state index in [1.165, 1.54) is 33.8 Å². The van der Waals surface area contributed by atoms with Gasteiger partial charge < -0.3 is 20.1 Å². The first-order valence-corrected chi connectivity index (χ1v) is 13.8. The molecule has 6 nitrogen and oxygen atoms in total. The molecule has 0 unspecified atom stereocenters. The highest BCUT2D eigenvalue weighted by Gasteiger charge is 2.42. The summed E-state index contributed by atoms with van der Waals surface area (Å²) in [7, 11) is 0. The van der Waals surface area contributed by atoms with Crippen molar-refractivity contribution in [3.05, 3.63) is 106 Å². The minimum Gasteiger partial charge on any atom is -0.351 e. The van der Waals surface area contributed by atoms with Crippen molar-refractivity contribution in [3.8, 4) is 5.69 Å². The van der Waals surface area contributed by atoms with Gasteiger partial charge in [0.05, 0.1) is 17.8 Å². The number of hydrogen-bond acceptors (Lipinski definition) is 3. The Kier molecular flexibility index (Phi) is 7.28. The van der Waals surface area contributed by atoms with E-state index in [4.69, 9.17) is 17.2 Å². The van der Waals surface area contributed by atoms with Crippen molar-refractivity contribution in [2.24, 2.45) is 0 Å². The van der Waals surface area contributed by atoms with Crippen LogP contribution in [0.3, 0.4) is 0 Å². The second-order valence-electron chi connectivity index (χ2n) is 10.3. The number of anilines is 2. The van der Waals surface area contributed by atoms with Crippen molar-refractivity contribution < 1.29 is 4.79 Å². The molecule has 0 aliphatic carbocycles. The van der Waals surface area contributed by atoms with E-state index in [0.717, 1.165) is 22.6 Å². The Balaban J connectivity index is 1.65. The number of aryl methyl sites for hydroxylation is 3. The van der Waals surface area contributed by atoms with Crippen molar-refractivity contribution in [2.45, 2.75) is 60.0 Å². The molecule has 0 radical (unpaired) electrons. The molecule has 200 valence electrons. The molecule has 1 saturated heterocycles. The Morgan fingerprint density at radius 1 is 1.00 bits per heavy atom. The molecule has 1 aliphatic rings. The maximum Gasteiger partial charge on any atom is 0.224 e. The van der Waals surface area contributed by atoms with Gasteiger partial charge in [-0.2, -0.15) is 0 Å². The number of carbonyl (C=O) groups is 1. The second kappa shape index (κ2) is 10.7. The summed E-state index contributed by atoms with van der Waals surface area (Å²) in [5.74, 6) is -0.00353. The van der Waals surface area contributed by atoms with Crippen molar-refractivity contribution in [2.75, 3.05) is 10.2 Å². The van der Waals surface area contributed by atoms with E-state index in [2.05, 4.69) is 84.2 Å². The zero-order chi connectivity index (χ0) is 27.8. The van der Waals surface area contributed by atoms with E-state index in [-0.39, 0.29) is 18.0 Å². The molecule has 1 aliphatic heterocycles. The monoisotopic (exact) mass is 537 g/mol. The number of nitrogens with one attached hydrogen (secondary N) is 2. The van der Waals surface area contributed by atoms with E-state index in [1.54, 1.807) is 0 Å². The fourth-order valence-corrected chi connectivity index (χ4v) is 5.91. The lowest BCUT2D eigenvalue weighted by Gasteiger charge is -2.29. The molecule has 7 heteroatoms. The Morgan fingerprint density at radius 2 is 1.79 bits per heavy atom. The number of thiocarbonyl (C=S) groups is 1. The molecule has 5 rings (SSSR count). The summed E-state index contributed by atoms with van der Waals surface area (Å²) in [5.41, 5.74) is 11.0. The Labute approximate surface area is 236 Å². The molecule has 0 spiro atoms. The summed E-state index contributed by atoms with van der Waals surface area (Å²) < 4.78 is 2.35. The molecule has 39 heavy (non-hydrogen) atoms. The highest BCUT2D eigenvalue weighted by atomic mass is 32.1. The van der Waals surface area contributed by atoms with Gasteiger partial charge in [-0.15, -0.1) is 0 Å². The number of carbonyl (C=O) groups excluding carboxylic acids is 1. The average Bonchev–Trinajstić information content (AvgIpc) is 3.42. The Morgan fingerprint density at radius 3 is 2.49 bits per heavy atom. The lowest BCUT2D eigenvalue weighted by atomic mass is 9.96. The number of nitrogens with zero attached hydrogens (tertiary/aromatic N) is 3. The van der Waals surface area contributed by atoms with Crippen LogP contribution in [-0.2, 0) is 4.79 Å². The molecule has 3 heterocycles. The molecule has 2 atom stereocenters. The minimum absolute atomic E-state index is 0.00353. The maximum atomic E-state index is 12.0. The Hall–Kier alpha value is -3.97. The summed E-state index contributed by atoms with van der Waals surface area (Å²) in [6, 6.07) is 20.6. The van der Waals surface area contributed by atoms with E-state index in [9.17, 15) is 4.79 Å². The van der Waals surface area contributed by atoms with E-state index in [0.29, 0.717) is 11.5 Å². The van der Waals surface area contributed by atoms with Crippen LogP contribution in [0.15, 0.2) is 66.9 Å². The lowest BCUT2D eigenvalue weighted by molar-refractivity contribution is -0.115. The molecular weight excluding hydrogens is 502 g/mol. The predicted octanol–water partition coefficient (Wildman–Crippen LogP) is 6.94. The molecule has 2 aromatic heterocycles. The van der Waals surface area contributed by atoms with Crippen LogP contribution in [0.1, 0.15) is 64.8 Å². The van der Waals surface area contributed by atoms with E-state index in [1.807, 2.05) is 44.3 Å². The quantitative estimate of drug-likeness (QED) is 0.261. The van der Waals surface area contributed by atoms with Gasteiger partial charge in [-0.3, -0.25) is 9.78 Å². The fourth-order valence-electron chi connectivity index (χ4n) is 5.56. The van der Waals surface area contributed by atoms with Gasteiger partial charge in [-0.05, 0) is 112 Å². The minimum atomic E-state index is -0.133. The molecule has 2 N–H and O–H groups in total. The standard InChI is InChI=1S/C32H35N5OS/c1-7-29(38)34-26-15-14-24(17-20(26)3)37-31(30(35-32(37)39)27-12-8-9-16-33-27)25-18-21(4)36(23(25)6)28-13-10-11-19(2)22(28)5/h8-18,30-31H,7H2,1-6H3,(H,34,38)(H,35,39)/t30-,31+/m1/s1. The molecular formula is C32H35N5OS. The molecule has 0 bridgehead atoms. The molecule has 1 fully saturated rings. The van der Waals surface area contributed by atoms with Gasteiger partial charge in [-0.1, -0.05) is 25.1 Å². The van der Waals surface area contributed by atoms with Gasteiger partial charge >= 0.3 is 0 Å². The lowest BCUT2D eigenvalue weighted by Crippen LogP contribution is -2.29. The third kappa shape index (κ3) is 4.83. The highest BCUT2D eigenvalue weighted by Crippen LogP contribution is 2.44. The van der Waals surface area contributed by atoms with Gasteiger partial charge in [0.2, 0.25) is 5.91 Å². The van der Waals surface area contributed by atoms with Crippen LogP contribution in [0.5, 0.6) is 0 Å². The first-order valence-electron chi connectivity index (χ1n) is 13.4. The third-order valence-electron chi connectivity index (χ3n) is 7.79. The number of hydrogen-bond donors (Lipinski definition) is 2. The fraction of sp³-hybridized carbons (Fsp3) is 0.281. The van der Waals surface area contributed by atoms with Crippen LogP contribution >= 0.6 is 12.2 Å². The molecule has 1 amide bonds. The first kappa shape index (κ1) is 26.6. The topological polar surface area (TPSA) is 62.2 Å². The molecule has 2 aromatic carbocycles. The summed E-state index contributed by atoms with van der Waals surface area (Å²) >= 11 is 5.97.